The second kappa shape index (κ2) is 8.52. The maximum absolute atomic E-state index is 9.92. The molecule has 0 aliphatic heterocycles. The standard InChI is InChI=1S/C17H22N2O2/c1-14(16-7-9-18-10-8-16)19-11-17(20)13-21-12-15-5-3-2-4-6-15/h2-10,14,17,19-20H,11-13H2,1H3/t14-,17?/m0/s1. The van der Waals surface area contributed by atoms with Gasteiger partial charge in [-0.3, -0.25) is 4.98 Å². The number of benzene rings is 1. The largest absolute Gasteiger partial charge is 0.389 e. The van der Waals surface area contributed by atoms with Crippen molar-refractivity contribution in [3.63, 3.8) is 0 Å². The number of aromatic nitrogens is 1. The van der Waals surface area contributed by atoms with Crippen molar-refractivity contribution in [3.05, 3.63) is 66.0 Å². The molecule has 0 amide bonds. The van der Waals surface area contributed by atoms with Crippen LogP contribution in [0.1, 0.15) is 24.1 Å². The zero-order valence-corrected chi connectivity index (χ0v) is 12.3. The number of hydrogen-bond acceptors (Lipinski definition) is 4. The highest BCUT2D eigenvalue weighted by Crippen LogP contribution is 2.09. The maximum Gasteiger partial charge on any atom is 0.0898 e. The molecule has 0 spiro atoms. The fourth-order valence-corrected chi connectivity index (χ4v) is 2.03. The molecule has 2 aromatic rings. The predicted octanol–water partition coefficient (Wildman–Crippen LogP) is 2.31. The average molecular weight is 286 g/mol. The first kappa shape index (κ1) is 15.6. The molecular formula is C17H22N2O2. The smallest absolute Gasteiger partial charge is 0.0898 e. The van der Waals surface area contributed by atoms with Gasteiger partial charge in [0, 0.05) is 25.0 Å². The fourth-order valence-electron chi connectivity index (χ4n) is 2.03. The summed E-state index contributed by atoms with van der Waals surface area (Å²) < 4.78 is 5.52. The molecule has 0 fully saturated rings. The summed E-state index contributed by atoms with van der Waals surface area (Å²) >= 11 is 0. The normalized spacial score (nSPS) is 13.8. The number of pyridine rings is 1. The number of hydrogen-bond donors (Lipinski definition) is 2. The van der Waals surface area contributed by atoms with Crippen LogP contribution in [-0.2, 0) is 11.3 Å². The van der Waals surface area contributed by atoms with Crippen LogP contribution in [0.5, 0.6) is 0 Å². The molecule has 21 heavy (non-hydrogen) atoms. The first-order valence-electron chi connectivity index (χ1n) is 7.18. The number of aliphatic hydroxyl groups is 1. The van der Waals surface area contributed by atoms with Gasteiger partial charge in [0.2, 0.25) is 0 Å². The molecule has 2 N–H and O–H groups in total. The van der Waals surface area contributed by atoms with Gasteiger partial charge in [-0.25, -0.2) is 0 Å². The Morgan fingerprint density at radius 2 is 1.86 bits per heavy atom. The van der Waals surface area contributed by atoms with Crippen LogP contribution in [0, 0.1) is 0 Å². The molecule has 112 valence electrons. The van der Waals surface area contributed by atoms with Crippen molar-refractivity contribution in [1.29, 1.82) is 0 Å². The van der Waals surface area contributed by atoms with Crippen LogP contribution >= 0.6 is 0 Å². The monoisotopic (exact) mass is 286 g/mol. The molecule has 0 bridgehead atoms. The molecule has 0 aliphatic rings. The van der Waals surface area contributed by atoms with Crippen molar-refractivity contribution in [2.45, 2.75) is 25.7 Å². The molecule has 1 aromatic carbocycles. The Hall–Kier alpha value is -1.75. The zero-order valence-electron chi connectivity index (χ0n) is 12.3. The molecule has 4 nitrogen and oxygen atoms in total. The minimum atomic E-state index is -0.516. The molecule has 2 rings (SSSR count). The van der Waals surface area contributed by atoms with Crippen LogP contribution < -0.4 is 5.32 Å². The highest BCUT2D eigenvalue weighted by Gasteiger charge is 2.08. The Kier molecular flexibility index (Phi) is 6.34. The van der Waals surface area contributed by atoms with Crippen molar-refractivity contribution in [3.8, 4) is 0 Å². The number of aliphatic hydroxyl groups excluding tert-OH is 1. The average Bonchev–Trinajstić information content (AvgIpc) is 2.54. The lowest BCUT2D eigenvalue weighted by atomic mass is 10.1. The van der Waals surface area contributed by atoms with E-state index in [0.29, 0.717) is 19.8 Å². The number of nitrogens with one attached hydrogen (secondary N) is 1. The summed E-state index contributed by atoms with van der Waals surface area (Å²) in [7, 11) is 0. The quantitative estimate of drug-likeness (QED) is 0.782. The van der Waals surface area contributed by atoms with Crippen LogP contribution in [0.2, 0.25) is 0 Å². The van der Waals surface area contributed by atoms with Gasteiger partial charge in [-0.15, -0.1) is 0 Å². The lowest BCUT2D eigenvalue weighted by molar-refractivity contribution is 0.0278. The zero-order chi connectivity index (χ0) is 14.9. The van der Waals surface area contributed by atoms with Crippen molar-refractivity contribution >= 4 is 0 Å². The van der Waals surface area contributed by atoms with E-state index in [1.165, 1.54) is 0 Å². The third-order valence-corrected chi connectivity index (χ3v) is 3.29. The first-order chi connectivity index (χ1) is 10.3. The fraction of sp³-hybridized carbons (Fsp3) is 0.353. The Morgan fingerprint density at radius 1 is 1.14 bits per heavy atom. The second-order valence-electron chi connectivity index (χ2n) is 5.07. The molecule has 1 heterocycles. The van der Waals surface area contributed by atoms with Crippen LogP contribution in [0.3, 0.4) is 0 Å². The molecule has 0 saturated heterocycles. The van der Waals surface area contributed by atoms with E-state index in [0.717, 1.165) is 11.1 Å². The van der Waals surface area contributed by atoms with E-state index < -0.39 is 6.10 Å². The SMILES string of the molecule is C[C@H](NCC(O)COCc1ccccc1)c1ccncc1. The van der Waals surface area contributed by atoms with Crippen LogP contribution in [0.4, 0.5) is 0 Å². The second-order valence-corrected chi connectivity index (χ2v) is 5.07. The van der Waals surface area contributed by atoms with E-state index in [1.54, 1.807) is 12.4 Å². The number of ether oxygens (including phenoxy) is 1. The van der Waals surface area contributed by atoms with Crippen LogP contribution in [0.15, 0.2) is 54.9 Å². The summed E-state index contributed by atoms with van der Waals surface area (Å²) in [5.41, 5.74) is 2.27. The van der Waals surface area contributed by atoms with E-state index in [-0.39, 0.29) is 6.04 Å². The topological polar surface area (TPSA) is 54.4 Å². The van der Waals surface area contributed by atoms with Gasteiger partial charge >= 0.3 is 0 Å². The van der Waals surface area contributed by atoms with Gasteiger partial charge in [0.1, 0.15) is 0 Å². The molecular weight excluding hydrogens is 264 g/mol. The van der Waals surface area contributed by atoms with Crippen molar-refractivity contribution in [1.82, 2.24) is 10.3 Å². The molecule has 0 aliphatic carbocycles. The Balaban J connectivity index is 1.64. The number of nitrogens with zero attached hydrogens (tertiary/aromatic N) is 1. The predicted molar refractivity (Wildman–Crippen MR) is 82.8 cm³/mol. The van der Waals surface area contributed by atoms with Gasteiger partial charge in [0.15, 0.2) is 0 Å². The van der Waals surface area contributed by atoms with E-state index in [1.807, 2.05) is 42.5 Å². The number of rotatable bonds is 8. The Labute approximate surface area is 125 Å². The van der Waals surface area contributed by atoms with Gasteiger partial charge in [0.05, 0.1) is 19.3 Å². The first-order valence-corrected chi connectivity index (χ1v) is 7.18. The lowest BCUT2D eigenvalue weighted by Gasteiger charge is -2.17. The maximum atomic E-state index is 9.92. The summed E-state index contributed by atoms with van der Waals surface area (Å²) in [5.74, 6) is 0. The van der Waals surface area contributed by atoms with E-state index >= 15 is 0 Å². The van der Waals surface area contributed by atoms with Gasteiger partial charge in [-0.05, 0) is 30.2 Å². The lowest BCUT2D eigenvalue weighted by Crippen LogP contribution is -2.32. The van der Waals surface area contributed by atoms with Gasteiger partial charge in [0.25, 0.3) is 0 Å². The molecule has 1 aromatic heterocycles. The minimum Gasteiger partial charge on any atom is -0.389 e. The molecule has 0 saturated carbocycles. The van der Waals surface area contributed by atoms with Crippen molar-refractivity contribution in [2.75, 3.05) is 13.2 Å². The summed E-state index contributed by atoms with van der Waals surface area (Å²) in [6, 6.07) is 14.1. The summed E-state index contributed by atoms with van der Waals surface area (Å²) in [5, 5.41) is 13.2. The summed E-state index contributed by atoms with van der Waals surface area (Å²) in [6.45, 7) is 3.41. The minimum absolute atomic E-state index is 0.178. The van der Waals surface area contributed by atoms with E-state index in [2.05, 4.69) is 17.2 Å². The van der Waals surface area contributed by atoms with Crippen molar-refractivity contribution in [2.24, 2.45) is 0 Å². The highest BCUT2D eigenvalue weighted by atomic mass is 16.5. The summed E-state index contributed by atoms with van der Waals surface area (Å²) in [6.07, 6.45) is 3.03. The molecule has 0 radical (unpaired) electrons. The third kappa shape index (κ3) is 5.63. The summed E-state index contributed by atoms with van der Waals surface area (Å²) in [4.78, 5) is 4.00. The Morgan fingerprint density at radius 3 is 2.57 bits per heavy atom. The van der Waals surface area contributed by atoms with E-state index in [4.69, 9.17) is 4.74 Å². The molecule has 2 atom stereocenters. The molecule has 1 unspecified atom stereocenters. The van der Waals surface area contributed by atoms with Crippen LogP contribution in [0.25, 0.3) is 0 Å². The van der Waals surface area contributed by atoms with Crippen molar-refractivity contribution < 1.29 is 9.84 Å². The van der Waals surface area contributed by atoms with Gasteiger partial charge in [-0.2, -0.15) is 0 Å². The third-order valence-electron chi connectivity index (χ3n) is 3.29. The Bertz CT molecular complexity index is 505. The molecule has 4 heteroatoms. The highest BCUT2D eigenvalue weighted by molar-refractivity contribution is 5.14. The van der Waals surface area contributed by atoms with Crippen LogP contribution in [-0.4, -0.2) is 29.3 Å². The van der Waals surface area contributed by atoms with E-state index in [9.17, 15) is 5.11 Å². The van der Waals surface area contributed by atoms with Gasteiger partial charge in [-0.1, -0.05) is 30.3 Å². The van der Waals surface area contributed by atoms with Gasteiger partial charge < -0.3 is 15.2 Å².